The van der Waals surface area contributed by atoms with Crippen LogP contribution in [0.25, 0.3) is 10.9 Å². The number of aromatic nitrogens is 2. The molecule has 4 heterocycles. The number of carbonyl (C=O) groups excluding carboxylic acids is 1. The van der Waals surface area contributed by atoms with E-state index in [2.05, 4.69) is 20.6 Å². The Balaban J connectivity index is 1.53. The molecule has 2 aromatic heterocycles. The summed E-state index contributed by atoms with van der Waals surface area (Å²) in [5, 5.41) is 7.68. The topological polar surface area (TPSA) is 69.8 Å². The molecule has 0 saturated carbocycles. The normalized spacial score (nSPS) is 28.9. The number of amides is 1. The van der Waals surface area contributed by atoms with Gasteiger partial charge < -0.3 is 15.6 Å². The molecule has 5 heteroatoms. The summed E-state index contributed by atoms with van der Waals surface area (Å²) < 4.78 is 0. The average Bonchev–Trinajstić information content (AvgIpc) is 3.12. The summed E-state index contributed by atoms with van der Waals surface area (Å²) in [6, 6.07) is 5.12. The van der Waals surface area contributed by atoms with Crippen molar-refractivity contribution in [3.8, 4) is 0 Å². The summed E-state index contributed by atoms with van der Waals surface area (Å²) in [5.41, 5.74) is 1.52. The molecule has 0 aromatic carbocycles. The van der Waals surface area contributed by atoms with Crippen LogP contribution in [0.15, 0.2) is 24.5 Å². The van der Waals surface area contributed by atoms with Crippen molar-refractivity contribution in [2.75, 3.05) is 0 Å². The van der Waals surface area contributed by atoms with Crippen molar-refractivity contribution < 1.29 is 4.79 Å². The first kappa shape index (κ1) is 11.0. The summed E-state index contributed by atoms with van der Waals surface area (Å²) in [5.74, 6) is -0.0180. The first-order valence-electron chi connectivity index (χ1n) is 6.79. The molecule has 19 heavy (non-hydrogen) atoms. The maximum Gasteiger partial charge on any atom is 0.268 e. The number of H-pyrrole nitrogens is 1. The molecule has 98 valence electrons. The summed E-state index contributed by atoms with van der Waals surface area (Å²) in [7, 11) is 0. The number of carbonyl (C=O) groups is 1. The van der Waals surface area contributed by atoms with Crippen LogP contribution in [0.4, 0.5) is 0 Å². The van der Waals surface area contributed by atoms with Crippen LogP contribution in [-0.2, 0) is 0 Å². The lowest BCUT2D eigenvalue weighted by Gasteiger charge is -2.21. The SMILES string of the molecule is O=C(N[C@@H]1CC2CCC1N2)c1cc2ccncc2[nH]1. The average molecular weight is 256 g/mol. The van der Waals surface area contributed by atoms with Gasteiger partial charge in [-0.05, 0) is 31.4 Å². The minimum atomic E-state index is -0.0180. The molecule has 1 amide bonds. The third-order valence-electron chi connectivity index (χ3n) is 4.29. The summed E-state index contributed by atoms with van der Waals surface area (Å²) in [4.78, 5) is 19.4. The van der Waals surface area contributed by atoms with Gasteiger partial charge in [0.05, 0.1) is 11.7 Å². The van der Waals surface area contributed by atoms with E-state index < -0.39 is 0 Å². The number of hydrogen-bond acceptors (Lipinski definition) is 3. The van der Waals surface area contributed by atoms with Crippen molar-refractivity contribution in [3.05, 3.63) is 30.2 Å². The first-order chi connectivity index (χ1) is 9.29. The molecule has 2 aliphatic rings. The Kier molecular flexibility index (Phi) is 2.35. The van der Waals surface area contributed by atoms with Gasteiger partial charge in [0.15, 0.2) is 0 Å². The van der Waals surface area contributed by atoms with E-state index in [-0.39, 0.29) is 11.9 Å². The maximum atomic E-state index is 12.3. The van der Waals surface area contributed by atoms with Crippen molar-refractivity contribution in [3.63, 3.8) is 0 Å². The van der Waals surface area contributed by atoms with Crippen LogP contribution in [0.5, 0.6) is 0 Å². The molecule has 2 unspecified atom stereocenters. The lowest BCUT2D eigenvalue weighted by Crippen LogP contribution is -2.43. The molecule has 4 rings (SSSR count). The van der Waals surface area contributed by atoms with Crippen LogP contribution >= 0.6 is 0 Å². The molecule has 0 radical (unpaired) electrons. The molecule has 2 fully saturated rings. The minimum absolute atomic E-state index is 0.0180. The second-order valence-corrected chi connectivity index (χ2v) is 5.51. The molecule has 3 N–H and O–H groups in total. The van der Waals surface area contributed by atoms with Crippen LogP contribution in [0.3, 0.4) is 0 Å². The molecule has 2 saturated heterocycles. The number of rotatable bonds is 2. The Morgan fingerprint density at radius 2 is 2.37 bits per heavy atom. The Bertz CT molecular complexity index is 602. The molecule has 2 bridgehead atoms. The van der Waals surface area contributed by atoms with E-state index in [1.54, 1.807) is 12.4 Å². The lowest BCUT2D eigenvalue weighted by atomic mass is 9.95. The fraction of sp³-hybridized carbons (Fsp3) is 0.429. The Morgan fingerprint density at radius 3 is 3.11 bits per heavy atom. The number of fused-ring (bicyclic) bond motifs is 3. The number of pyridine rings is 1. The zero-order valence-electron chi connectivity index (χ0n) is 10.5. The summed E-state index contributed by atoms with van der Waals surface area (Å²) >= 11 is 0. The van der Waals surface area contributed by atoms with E-state index in [9.17, 15) is 4.79 Å². The van der Waals surface area contributed by atoms with Gasteiger partial charge in [0, 0.05) is 29.7 Å². The molecule has 0 spiro atoms. The molecule has 2 aliphatic heterocycles. The maximum absolute atomic E-state index is 12.3. The number of nitrogens with one attached hydrogen (secondary N) is 3. The van der Waals surface area contributed by atoms with Gasteiger partial charge in [0.1, 0.15) is 5.69 Å². The smallest absolute Gasteiger partial charge is 0.268 e. The zero-order chi connectivity index (χ0) is 12.8. The molecular formula is C14H16N4O. The van der Waals surface area contributed by atoms with Crippen molar-refractivity contribution in [2.24, 2.45) is 0 Å². The Hall–Kier alpha value is -1.88. The molecular weight excluding hydrogens is 240 g/mol. The monoisotopic (exact) mass is 256 g/mol. The first-order valence-corrected chi connectivity index (χ1v) is 6.79. The highest BCUT2D eigenvalue weighted by molar-refractivity contribution is 5.98. The summed E-state index contributed by atoms with van der Waals surface area (Å²) in [6.45, 7) is 0. The van der Waals surface area contributed by atoms with E-state index in [1.165, 1.54) is 12.8 Å². The van der Waals surface area contributed by atoms with E-state index >= 15 is 0 Å². The van der Waals surface area contributed by atoms with E-state index in [0.717, 1.165) is 17.3 Å². The van der Waals surface area contributed by atoms with Gasteiger partial charge in [-0.2, -0.15) is 0 Å². The van der Waals surface area contributed by atoms with Gasteiger partial charge in [0.2, 0.25) is 0 Å². The lowest BCUT2D eigenvalue weighted by molar-refractivity contribution is 0.0927. The third-order valence-corrected chi connectivity index (χ3v) is 4.29. The van der Waals surface area contributed by atoms with Gasteiger partial charge in [-0.25, -0.2) is 0 Å². The number of nitrogens with zero attached hydrogens (tertiary/aromatic N) is 1. The fourth-order valence-corrected chi connectivity index (χ4v) is 3.32. The van der Waals surface area contributed by atoms with Crippen LogP contribution in [0.1, 0.15) is 29.8 Å². The second-order valence-electron chi connectivity index (χ2n) is 5.51. The van der Waals surface area contributed by atoms with Crippen molar-refractivity contribution in [2.45, 2.75) is 37.4 Å². The fourth-order valence-electron chi connectivity index (χ4n) is 3.32. The van der Waals surface area contributed by atoms with E-state index in [4.69, 9.17) is 0 Å². The van der Waals surface area contributed by atoms with Gasteiger partial charge in [-0.15, -0.1) is 0 Å². The quantitative estimate of drug-likeness (QED) is 0.756. The van der Waals surface area contributed by atoms with Gasteiger partial charge in [-0.1, -0.05) is 0 Å². The van der Waals surface area contributed by atoms with Crippen LogP contribution < -0.4 is 10.6 Å². The highest BCUT2D eigenvalue weighted by Crippen LogP contribution is 2.28. The van der Waals surface area contributed by atoms with Gasteiger partial charge in [0.25, 0.3) is 5.91 Å². The molecule has 3 atom stereocenters. The van der Waals surface area contributed by atoms with Crippen molar-refractivity contribution in [1.82, 2.24) is 20.6 Å². The van der Waals surface area contributed by atoms with E-state index in [0.29, 0.717) is 17.8 Å². The largest absolute Gasteiger partial charge is 0.349 e. The highest BCUT2D eigenvalue weighted by Gasteiger charge is 2.39. The predicted octanol–water partition coefficient (Wildman–Crippen LogP) is 1.19. The van der Waals surface area contributed by atoms with Crippen molar-refractivity contribution >= 4 is 16.8 Å². The van der Waals surface area contributed by atoms with Gasteiger partial charge in [-0.3, -0.25) is 9.78 Å². The number of aromatic amines is 1. The predicted molar refractivity (Wildman–Crippen MR) is 71.9 cm³/mol. The zero-order valence-corrected chi connectivity index (χ0v) is 10.5. The second kappa shape index (κ2) is 4.06. The van der Waals surface area contributed by atoms with Crippen molar-refractivity contribution in [1.29, 1.82) is 0 Å². The highest BCUT2D eigenvalue weighted by atomic mass is 16.2. The van der Waals surface area contributed by atoms with E-state index in [1.807, 2.05) is 12.1 Å². The molecule has 5 nitrogen and oxygen atoms in total. The van der Waals surface area contributed by atoms with Crippen LogP contribution in [-0.4, -0.2) is 34.0 Å². The van der Waals surface area contributed by atoms with Crippen LogP contribution in [0.2, 0.25) is 0 Å². The Labute approximate surface area is 110 Å². The Morgan fingerprint density at radius 1 is 1.42 bits per heavy atom. The summed E-state index contributed by atoms with van der Waals surface area (Å²) in [6.07, 6.45) is 6.95. The van der Waals surface area contributed by atoms with Gasteiger partial charge >= 0.3 is 0 Å². The number of hydrogen-bond donors (Lipinski definition) is 3. The molecule has 2 aromatic rings. The minimum Gasteiger partial charge on any atom is -0.349 e. The molecule has 0 aliphatic carbocycles. The van der Waals surface area contributed by atoms with Crippen LogP contribution in [0, 0.1) is 0 Å². The standard InChI is InChI=1S/C14H16N4O/c19-14(18-11-6-9-1-2-10(11)16-9)12-5-8-3-4-15-7-13(8)17-12/h3-5,7,9-11,16-17H,1-2,6H2,(H,18,19)/t9?,10?,11-/m1/s1. The third kappa shape index (κ3) is 1.81.